The van der Waals surface area contributed by atoms with Gasteiger partial charge in [0.05, 0.1) is 13.2 Å². The molecule has 19 heteroatoms. The maximum Gasteiger partial charge on any atom is 0.335 e. The topological polar surface area (TPSA) is 215 Å². The van der Waals surface area contributed by atoms with Gasteiger partial charge in [0, 0.05) is 37.7 Å². The molecule has 2 aromatic heterocycles. The molecule has 5 aliphatic heterocycles. The average Bonchev–Trinajstić information content (AvgIpc) is 3.91. The molecule has 8 atom stereocenters. The van der Waals surface area contributed by atoms with Gasteiger partial charge in [-0.2, -0.15) is 0 Å². The number of rotatable bonds is 7. The van der Waals surface area contributed by atoms with Crippen LogP contribution < -0.4 is 22.5 Å². The third-order valence-electron chi connectivity index (χ3n) is 12.0. The smallest absolute Gasteiger partial charge is 0.335 e. The summed E-state index contributed by atoms with van der Waals surface area (Å²) >= 11 is 0. The van der Waals surface area contributed by atoms with Crippen molar-refractivity contribution >= 4 is 17.1 Å². The second-order valence-electron chi connectivity index (χ2n) is 16.5. The number of nitrogens with one attached hydrogen (secondary N) is 2. The molecule has 0 aromatic carbocycles. The lowest BCUT2D eigenvalue weighted by Gasteiger charge is -2.52. The summed E-state index contributed by atoms with van der Waals surface area (Å²) in [6.45, 7) is 18.4. The Balaban J connectivity index is 0.000000217. The summed E-state index contributed by atoms with van der Waals surface area (Å²) in [6.07, 6.45) is 1.23. The largest absolute Gasteiger partial charge is 0.414 e. The SMILES string of the molecule is CC(C)[Si]1(C(C)C)OCC2OC(n3ccc(=O)[nH]c3=O)[C@@]3(CCCO3)[C@@H]2O[Si](C(C)C)(C(C)C)O1.O=c1ccn(C2OC(CO)C(O)[C@]23CCCO3)c(=O)[nH]1. The van der Waals surface area contributed by atoms with Crippen LogP contribution in [-0.2, 0) is 31.9 Å². The summed E-state index contributed by atoms with van der Waals surface area (Å²) in [5.74, 6) is 0. The number of hydrogen-bond acceptors (Lipinski definition) is 13. The molecule has 0 radical (unpaired) electrons. The molecule has 308 valence electrons. The van der Waals surface area contributed by atoms with Crippen molar-refractivity contribution in [3.8, 4) is 0 Å². The van der Waals surface area contributed by atoms with E-state index in [1.54, 1.807) is 0 Å². The third-order valence-corrected chi connectivity index (χ3v) is 22.2. The summed E-state index contributed by atoms with van der Waals surface area (Å²) in [4.78, 5) is 52.1. The van der Waals surface area contributed by atoms with Crippen molar-refractivity contribution in [3.63, 3.8) is 0 Å². The molecule has 5 saturated heterocycles. The highest BCUT2D eigenvalue weighted by molar-refractivity contribution is 6.84. The van der Waals surface area contributed by atoms with E-state index in [4.69, 9.17) is 31.9 Å². The first kappa shape index (κ1) is 42.1. The fraction of sp³-hybridized carbons (Fsp3) is 0.778. The Morgan fingerprint density at radius 1 is 0.764 bits per heavy atom. The van der Waals surface area contributed by atoms with Crippen LogP contribution in [0, 0.1) is 0 Å². The number of fused-ring (bicyclic) bond motifs is 2. The molecule has 2 spiro atoms. The minimum Gasteiger partial charge on any atom is -0.414 e. The van der Waals surface area contributed by atoms with E-state index >= 15 is 0 Å². The lowest BCUT2D eigenvalue weighted by Crippen LogP contribution is -2.67. The van der Waals surface area contributed by atoms with Crippen molar-refractivity contribution < 1.29 is 42.1 Å². The molecule has 2 aromatic rings. The highest BCUT2D eigenvalue weighted by Gasteiger charge is 2.67. The summed E-state index contributed by atoms with van der Waals surface area (Å²) in [7, 11) is -5.59. The molecule has 0 amide bonds. The number of H-pyrrole nitrogens is 2. The second-order valence-corrected chi connectivity index (χ2v) is 25.4. The molecular weight excluding hydrogens is 753 g/mol. The van der Waals surface area contributed by atoms with E-state index in [0.717, 1.165) is 12.8 Å². The van der Waals surface area contributed by atoms with Gasteiger partial charge in [0.25, 0.3) is 11.1 Å². The Morgan fingerprint density at radius 3 is 1.69 bits per heavy atom. The first-order valence-corrected chi connectivity index (χ1v) is 23.4. The number of nitrogens with zero attached hydrogens (tertiary/aromatic N) is 2. The molecule has 5 unspecified atom stereocenters. The van der Waals surface area contributed by atoms with Crippen LogP contribution in [0.15, 0.2) is 43.7 Å². The summed E-state index contributed by atoms with van der Waals surface area (Å²) in [5, 5.41) is 19.6. The maximum absolute atomic E-state index is 12.8. The monoisotopic (exact) mass is 810 g/mol. The van der Waals surface area contributed by atoms with E-state index in [2.05, 4.69) is 65.4 Å². The normalized spacial score (nSPS) is 34.1. The van der Waals surface area contributed by atoms with Gasteiger partial charge < -0.3 is 42.1 Å². The van der Waals surface area contributed by atoms with E-state index in [0.29, 0.717) is 32.7 Å². The molecule has 0 saturated carbocycles. The summed E-state index contributed by atoms with van der Waals surface area (Å²) in [5.41, 5.74) is -3.24. The van der Waals surface area contributed by atoms with Crippen molar-refractivity contribution in [1.82, 2.24) is 19.1 Å². The van der Waals surface area contributed by atoms with Crippen LogP contribution in [0.4, 0.5) is 0 Å². The van der Waals surface area contributed by atoms with E-state index in [1.165, 1.54) is 33.7 Å². The van der Waals surface area contributed by atoms with Gasteiger partial charge in [-0.05, 0) is 47.8 Å². The number of aliphatic hydroxyl groups is 2. The molecule has 55 heavy (non-hydrogen) atoms. The first-order valence-electron chi connectivity index (χ1n) is 19.5. The second kappa shape index (κ2) is 16.0. The van der Waals surface area contributed by atoms with Gasteiger partial charge in [0.2, 0.25) is 0 Å². The molecule has 4 N–H and O–H groups in total. The number of ether oxygens (including phenoxy) is 4. The quantitative estimate of drug-likeness (QED) is 0.296. The van der Waals surface area contributed by atoms with E-state index < -0.39 is 87.7 Å². The van der Waals surface area contributed by atoms with Gasteiger partial charge in [0.15, 0.2) is 12.5 Å². The minimum atomic E-state index is -2.88. The molecular formula is C36H58N4O13Si2. The number of aromatic amines is 2. The van der Waals surface area contributed by atoms with Crippen molar-refractivity contribution in [3.05, 3.63) is 66.2 Å². The Bertz CT molecular complexity index is 1870. The van der Waals surface area contributed by atoms with E-state index in [9.17, 15) is 29.4 Å². The third kappa shape index (κ3) is 7.17. The Labute approximate surface area is 321 Å². The fourth-order valence-corrected chi connectivity index (χ4v) is 20.5. The van der Waals surface area contributed by atoms with Crippen molar-refractivity contribution in [2.75, 3.05) is 26.4 Å². The molecule has 17 nitrogen and oxygen atoms in total. The average molecular weight is 811 g/mol. The van der Waals surface area contributed by atoms with Crippen molar-refractivity contribution in [1.29, 1.82) is 0 Å². The van der Waals surface area contributed by atoms with Crippen LogP contribution in [0.1, 0.15) is 93.5 Å². The predicted molar refractivity (Wildman–Crippen MR) is 203 cm³/mol. The van der Waals surface area contributed by atoms with Crippen LogP contribution in [0.2, 0.25) is 22.2 Å². The standard InChI is InChI=1S/C24H42N2O7Si2.C12H16N2O6/c1-15(2)34(16(3)4)30-14-19-21(32-35(33-34,17(5)6)18(7)8)24(11-9-13-29-24)22(31-19)26-12-10-20(27)25-23(26)28;15-6-7-9(17)12(3-1-5-19-12)10(20-7)14-4-2-8(16)13-11(14)18/h10,12,15-19,21-22H,9,11,13-14H2,1-8H3,(H,25,27,28);2,4,7,9-10,15,17H,1,3,5-6H2,(H,13,16,18)/t19?,21-,22?,24-;7?,9?,10?,12-/m11/s1. The Hall–Kier alpha value is -2.57. The molecule has 5 aliphatic rings. The van der Waals surface area contributed by atoms with E-state index in [-0.39, 0.29) is 28.8 Å². The van der Waals surface area contributed by atoms with Gasteiger partial charge in [-0.25, -0.2) is 9.59 Å². The number of aliphatic hydroxyl groups excluding tert-OH is 2. The lowest BCUT2D eigenvalue weighted by atomic mass is 9.91. The van der Waals surface area contributed by atoms with E-state index in [1.807, 2.05) is 0 Å². The van der Waals surface area contributed by atoms with Gasteiger partial charge in [-0.15, -0.1) is 0 Å². The zero-order valence-corrected chi connectivity index (χ0v) is 35.0. The highest BCUT2D eigenvalue weighted by Crippen LogP contribution is 2.54. The zero-order valence-electron chi connectivity index (χ0n) is 33.0. The number of hydrogen-bond donors (Lipinski definition) is 4. The summed E-state index contributed by atoms with van der Waals surface area (Å²) in [6, 6.07) is 2.54. The Morgan fingerprint density at radius 2 is 1.25 bits per heavy atom. The fourth-order valence-electron chi connectivity index (χ4n) is 9.23. The van der Waals surface area contributed by atoms with Crippen LogP contribution in [-0.4, -0.2) is 108 Å². The van der Waals surface area contributed by atoms with Crippen LogP contribution in [0.3, 0.4) is 0 Å². The molecule has 0 bridgehead atoms. The maximum atomic E-state index is 12.8. The molecule has 0 aliphatic carbocycles. The van der Waals surface area contributed by atoms with Crippen molar-refractivity contribution in [2.45, 2.75) is 151 Å². The summed E-state index contributed by atoms with van der Waals surface area (Å²) < 4.78 is 48.3. The minimum absolute atomic E-state index is 0.169. The van der Waals surface area contributed by atoms with Gasteiger partial charge in [0.1, 0.15) is 35.6 Å². The first-order chi connectivity index (χ1) is 26.0. The van der Waals surface area contributed by atoms with Crippen molar-refractivity contribution in [2.24, 2.45) is 0 Å². The predicted octanol–water partition coefficient (Wildman–Crippen LogP) is 2.28. The molecule has 5 fully saturated rings. The molecule has 7 heterocycles. The lowest BCUT2D eigenvalue weighted by molar-refractivity contribution is -0.122. The van der Waals surface area contributed by atoms with Gasteiger partial charge >= 0.3 is 28.5 Å². The Kier molecular flexibility index (Phi) is 12.2. The van der Waals surface area contributed by atoms with Gasteiger partial charge in [-0.1, -0.05) is 55.4 Å². The zero-order chi connectivity index (χ0) is 40.1. The van der Waals surface area contributed by atoms with Gasteiger partial charge in [-0.3, -0.25) is 28.7 Å². The molecule has 7 rings (SSSR count). The van der Waals surface area contributed by atoms with Crippen LogP contribution in [0.25, 0.3) is 0 Å². The van der Waals surface area contributed by atoms with Crippen LogP contribution in [0.5, 0.6) is 0 Å². The van der Waals surface area contributed by atoms with Crippen LogP contribution >= 0.6 is 0 Å². The highest BCUT2D eigenvalue weighted by atomic mass is 28.5. The number of aromatic nitrogens is 4.